The molecule has 5 aromatic rings. The predicted octanol–water partition coefficient (Wildman–Crippen LogP) is 7.16. The Bertz CT molecular complexity index is 1210. The molecular formula is C21H21N5S4. The molecule has 0 bridgehead atoms. The van der Waals surface area contributed by atoms with Crippen LogP contribution in [0.25, 0.3) is 42.4 Å². The highest BCUT2D eigenvalue weighted by atomic mass is 32.1. The second kappa shape index (κ2) is 7.71. The molecule has 0 aliphatic carbocycles. The number of hydrogen-bond acceptors (Lipinski definition) is 9. The normalized spacial score (nSPS) is 13.5. The number of benzene rings is 1. The van der Waals surface area contributed by atoms with Crippen LogP contribution < -0.4 is 0 Å². The second-order valence-electron chi connectivity index (χ2n) is 8.75. The van der Waals surface area contributed by atoms with Crippen LogP contribution in [0.3, 0.4) is 0 Å². The Morgan fingerprint density at radius 1 is 0.900 bits per heavy atom. The van der Waals surface area contributed by atoms with Gasteiger partial charge in [0, 0.05) is 29.6 Å². The topological polar surface area (TPSA) is 64.5 Å². The summed E-state index contributed by atoms with van der Waals surface area (Å²) in [4.78, 5) is 14.3. The van der Waals surface area contributed by atoms with Gasteiger partial charge in [0.2, 0.25) is 0 Å². The minimum absolute atomic E-state index is 0.310. The quantitative estimate of drug-likeness (QED) is 0.272. The molecule has 0 fully saturated rings. The number of fused-ring (bicyclic) bond motifs is 2. The van der Waals surface area contributed by atoms with E-state index in [1.807, 2.05) is 23.2 Å². The Balaban J connectivity index is 1.74. The highest BCUT2D eigenvalue weighted by Crippen LogP contribution is 2.46. The summed E-state index contributed by atoms with van der Waals surface area (Å²) < 4.78 is 10.5. The molecule has 0 spiro atoms. The van der Waals surface area contributed by atoms with E-state index in [1.165, 1.54) is 18.1 Å². The summed E-state index contributed by atoms with van der Waals surface area (Å²) in [6.45, 7) is 9.22. The van der Waals surface area contributed by atoms with Gasteiger partial charge in [-0.1, -0.05) is 27.7 Å². The van der Waals surface area contributed by atoms with Gasteiger partial charge in [-0.25, -0.2) is 15.0 Å². The largest absolute Gasteiger partial charge is 0.244 e. The van der Waals surface area contributed by atoms with Crippen molar-refractivity contribution in [1.29, 1.82) is 0 Å². The smallest absolute Gasteiger partial charge is 0.127 e. The standard InChI is InChI=1S/C21H21N5S4/c1-11(10-21(2,3)4)9-12-24-17-13(19-22-5-7-27-19)15-16(26-30-25-15)14(18(17)29-12)20-23-6-8-28-20/h5-8,11H,9-10H2,1-4H3. The molecule has 0 saturated carbocycles. The van der Waals surface area contributed by atoms with Crippen LogP contribution in [0.2, 0.25) is 0 Å². The maximum absolute atomic E-state index is 5.14. The average Bonchev–Trinajstić information content (AvgIpc) is 3.43. The molecular weight excluding hydrogens is 451 g/mol. The van der Waals surface area contributed by atoms with Crippen LogP contribution in [-0.2, 0) is 6.42 Å². The SMILES string of the molecule is CC(Cc1nc2c(-c3nccs3)c3nsnc3c(-c3nccs3)c2s1)CC(C)(C)C. The van der Waals surface area contributed by atoms with Gasteiger partial charge in [0.15, 0.2) is 0 Å². The molecule has 0 saturated heterocycles. The average molecular weight is 472 g/mol. The summed E-state index contributed by atoms with van der Waals surface area (Å²) in [5.74, 6) is 0.564. The lowest BCUT2D eigenvalue weighted by atomic mass is 9.84. The molecule has 0 radical (unpaired) electrons. The molecule has 4 aromatic heterocycles. The van der Waals surface area contributed by atoms with Crippen molar-refractivity contribution in [3.8, 4) is 21.1 Å². The number of aromatic nitrogens is 5. The molecule has 0 N–H and O–H groups in total. The minimum Gasteiger partial charge on any atom is -0.244 e. The third-order valence-electron chi connectivity index (χ3n) is 4.87. The van der Waals surface area contributed by atoms with Gasteiger partial charge >= 0.3 is 0 Å². The van der Waals surface area contributed by atoms with Crippen LogP contribution >= 0.6 is 45.7 Å². The number of hydrogen-bond donors (Lipinski definition) is 0. The molecule has 0 amide bonds. The fraction of sp³-hybridized carbons (Fsp3) is 0.381. The van der Waals surface area contributed by atoms with Crippen molar-refractivity contribution in [3.63, 3.8) is 0 Å². The van der Waals surface area contributed by atoms with Crippen molar-refractivity contribution in [2.75, 3.05) is 0 Å². The van der Waals surface area contributed by atoms with Crippen LogP contribution in [0.1, 0.15) is 39.1 Å². The molecule has 9 heteroatoms. The van der Waals surface area contributed by atoms with Crippen molar-refractivity contribution in [2.24, 2.45) is 11.3 Å². The van der Waals surface area contributed by atoms with Gasteiger partial charge in [0.05, 0.1) is 38.1 Å². The van der Waals surface area contributed by atoms with Crippen LogP contribution in [0.5, 0.6) is 0 Å². The van der Waals surface area contributed by atoms with Gasteiger partial charge in [-0.05, 0) is 17.8 Å². The highest BCUT2D eigenvalue weighted by molar-refractivity contribution is 7.20. The highest BCUT2D eigenvalue weighted by Gasteiger charge is 2.26. The lowest BCUT2D eigenvalue weighted by Gasteiger charge is -2.22. The Morgan fingerprint density at radius 3 is 2.13 bits per heavy atom. The molecule has 0 aliphatic heterocycles. The van der Waals surface area contributed by atoms with E-state index in [0.717, 1.165) is 53.8 Å². The van der Waals surface area contributed by atoms with Gasteiger partial charge in [0.1, 0.15) is 21.0 Å². The van der Waals surface area contributed by atoms with Crippen molar-refractivity contribution in [1.82, 2.24) is 23.7 Å². The first-order valence-corrected chi connectivity index (χ1v) is 13.1. The summed E-state index contributed by atoms with van der Waals surface area (Å²) in [5.41, 5.74) is 5.16. The molecule has 0 aliphatic rings. The molecule has 1 unspecified atom stereocenters. The van der Waals surface area contributed by atoms with E-state index in [0.29, 0.717) is 11.3 Å². The lowest BCUT2D eigenvalue weighted by Crippen LogP contribution is -2.12. The number of thiazole rings is 3. The van der Waals surface area contributed by atoms with Crippen molar-refractivity contribution in [2.45, 2.75) is 40.5 Å². The Kier molecular flexibility index (Phi) is 5.17. The minimum atomic E-state index is 0.310. The Hall–Kier alpha value is -1.81. The summed E-state index contributed by atoms with van der Waals surface area (Å²) >= 11 is 6.27. The molecule has 1 atom stereocenters. The Morgan fingerprint density at radius 2 is 1.53 bits per heavy atom. The maximum atomic E-state index is 5.14. The molecule has 4 heterocycles. The number of nitrogens with zero attached hydrogens (tertiary/aromatic N) is 5. The predicted molar refractivity (Wildman–Crippen MR) is 130 cm³/mol. The van der Waals surface area contributed by atoms with Gasteiger partial charge in [0.25, 0.3) is 0 Å². The van der Waals surface area contributed by atoms with Gasteiger partial charge in [-0.2, -0.15) is 8.75 Å². The van der Waals surface area contributed by atoms with E-state index in [1.54, 1.807) is 34.0 Å². The fourth-order valence-electron chi connectivity index (χ4n) is 4.04. The first kappa shape index (κ1) is 20.1. The van der Waals surface area contributed by atoms with Gasteiger partial charge in [-0.15, -0.1) is 34.0 Å². The van der Waals surface area contributed by atoms with E-state index in [2.05, 4.69) is 46.4 Å². The van der Waals surface area contributed by atoms with E-state index in [9.17, 15) is 0 Å². The monoisotopic (exact) mass is 471 g/mol. The molecule has 1 aromatic carbocycles. The second-order valence-corrected chi connectivity index (χ2v) is 12.1. The van der Waals surface area contributed by atoms with Crippen LogP contribution in [0.4, 0.5) is 0 Å². The van der Waals surface area contributed by atoms with Gasteiger partial charge < -0.3 is 0 Å². The lowest BCUT2D eigenvalue weighted by molar-refractivity contribution is 0.306. The zero-order valence-electron chi connectivity index (χ0n) is 17.2. The van der Waals surface area contributed by atoms with Crippen LogP contribution in [0, 0.1) is 11.3 Å². The van der Waals surface area contributed by atoms with E-state index in [4.69, 9.17) is 4.98 Å². The summed E-state index contributed by atoms with van der Waals surface area (Å²) in [6.07, 6.45) is 5.82. The maximum Gasteiger partial charge on any atom is 0.127 e. The van der Waals surface area contributed by atoms with E-state index < -0.39 is 0 Å². The summed E-state index contributed by atoms with van der Waals surface area (Å²) in [6, 6.07) is 0. The molecule has 154 valence electrons. The third-order valence-corrected chi connectivity index (χ3v) is 8.08. The van der Waals surface area contributed by atoms with Crippen molar-refractivity contribution < 1.29 is 0 Å². The third kappa shape index (κ3) is 3.68. The zero-order valence-corrected chi connectivity index (χ0v) is 20.4. The van der Waals surface area contributed by atoms with Crippen LogP contribution in [-0.4, -0.2) is 23.7 Å². The zero-order chi connectivity index (χ0) is 20.9. The number of rotatable bonds is 5. The Labute approximate surface area is 191 Å². The first-order chi connectivity index (χ1) is 14.4. The van der Waals surface area contributed by atoms with Crippen LogP contribution in [0.15, 0.2) is 23.2 Å². The summed E-state index contributed by atoms with van der Waals surface area (Å²) in [7, 11) is 0. The first-order valence-electron chi connectivity index (χ1n) is 9.78. The van der Waals surface area contributed by atoms with Crippen molar-refractivity contribution in [3.05, 3.63) is 28.2 Å². The molecule has 5 rings (SSSR count). The molecule has 30 heavy (non-hydrogen) atoms. The fourth-order valence-corrected chi connectivity index (χ4v) is 7.31. The molecule has 5 nitrogen and oxygen atoms in total. The van der Waals surface area contributed by atoms with E-state index >= 15 is 0 Å². The summed E-state index contributed by atoms with van der Waals surface area (Å²) in [5, 5.41) is 7.09. The van der Waals surface area contributed by atoms with E-state index in [-0.39, 0.29) is 0 Å². The van der Waals surface area contributed by atoms with Crippen molar-refractivity contribution >= 4 is 67.0 Å². The van der Waals surface area contributed by atoms with Gasteiger partial charge in [-0.3, -0.25) is 0 Å².